The summed E-state index contributed by atoms with van der Waals surface area (Å²) in [6.07, 6.45) is 0. The van der Waals surface area contributed by atoms with Crippen molar-refractivity contribution in [2.75, 3.05) is 7.05 Å². The van der Waals surface area contributed by atoms with Crippen LogP contribution in [0.5, 0.6) is 0 Å². The molecule has 0 atom stereocenters. The SMILES string of the molecule is Cc1noc(-c2ccc(C(=O)N(C)Cc3ccccc3C)cc2)n1. The van der Waals surface area contributed by atoms with Crippen molar-refractivity contribution in [1.29, 1.82) is 0 Å². The average molecular weight is 321 g/mol. The second-order valence-electron chi connectivity index (χ2n) is 5.81. The van der Waals surface area contributed by atoms with Gasteiger partial charge in [-0.25, -0.2) is 0 Å². The predicted molar refractivity (Wildman–Crippen MR) is 91.4 cm³/mol. The highest BCUT2D eigenvalue weighted by Crippen LogP contribution is 2.19. The molecule has 3 aromatic rings. The first-order valence-corrected chi connectivity index (χ1v) is 7.75. The summed E-state index contributed by atoms with van der Waals surface area (Å²) in [5.74, 6) is 1.02. The first-order chi connectivity index (χ1) is 11.5. The molecule has 3 rings (SSSR count). The molecule has 0 unspecified atom stereocenters. The van der Waals surface area contributed by atoms with E-state index in [1.165, 1.54) is 5.56 Å². The van der Waals surface area contributed by atoms with Gasteiger partial charge in [0.1, 0.15) is 0 Å². The van der Waals surface area contributed by atoms with Crippen LogP contribution in [0.4, 0.5) is 0 Å². The third kappa shape index (κ3) is 3.35. The highest BCUT2D eigenvalue weighted by atomic mass is 16.5. The minimum Gasteiger partial charge on any atom is -0.337 e. The monoisotopic (exact) mass is 321 g/mol. The van der Waals surface area contributed by atoms with E-state index in [2.05, 4.69) is 23.1 Å². The molecule has 0 aliphatic carbocycles. The van der Waals surface area contributed by atoms with Gasteiger partial charge in [0.2, 0.25) is 0 Å². The molecular formula is C19H19N3O2. The molecule has 0 saturated heterocycles. The molecule has 0 N–H and O–H groups in total. The lowest BCUT2D eigenvalue weighted by Gasteiger charge is -2.18. The number of aromatic nitrogens is 2. The van der Waals surface area contributed by atoms with E-state index in [1.807, 2.05) is 37.4 Å². The van der Waals surface area contributed by atoms with E-state index in [9.17, 15) is 4.79 Å². The molecule has 122 valence electrons. The molecule has 1 aromatic heterocycles. The van der Waals surface area contributed by atoms with Crippen LogP contribution in [-0.4, -0.2) is 28.0 Å². The molecule has 0 aliphatic rings. The first kappa shape index (κ1) is 15.9. The second-order valence-corrected chi connectivity index (χ2v) is 5.81. The average Bonchev–Trinajstić information content (AvgIpc) is 3.03. The van der Waals surface area contributed by atoms with Crippen molar-refractivity contribution < 1.29 is 9.32 Å². The standard InChI is InChI=1S/C19H19N3O2/c1-13-6-4-5-7-17(13)12-22(3)19(23)16-10-8-15(9-11-16)18-20-14(2)21-24-18/h4-11H,12H2,1-3H3. The van der Waals surface area contributed by atoms with Crippen LogP contribution in [0.25, 0.3) is 11.5 Å². The number of hydrogen-bond donors (Lipinski definition) is 0. The topological polar surface area (TPSA) is 59.2 Å². The summed E-state index contributed by atoms with van der Waals surface area (Å²) in [5, 5.41) is 3.77. The summed E-state index contributed by atoms with van der Waals surface area (Å²) < 4.78 is 5.13. The summed E-state index contributed by atoms with van der Waals surface area (Å²) in [5.41, 5.74) is 3.75. The highest BCUT2D eigenvalue weighted by Gasteiger charge is 2.14. The second kappa shape index (κ2) is 6.66. The third-order valence-corrected chi connectivity index (χ3v) is 3.92. The van der Waals surface area contributed by atoms with E-state index in [0.717, 1.165) is 11.1 Å². The molecule has 5 heteroatoms. The van der Waals surface area contributed by atoms with Crippen LogP contribution in [0.15, 0.2) is 53.1 Å². The van der Waals surface area contributed by atoms with E-state index >= 15 is 0 Å². The Kier molecular flexibility index (Phi) is 4.42. The van der Waals surface area contributed by atoms with Crippen LogP contribution >= 0.6 is 0 Å². The molecule has 0 saturated carbocycles. The van der Waals surface area contributed by atoms with Crippen molar-refractivity contribution in [2.24, 2.45) is 0 Å². The maximum Gasteiger partial charge on any atom is 0.257 e. The Morgan fingerprint density at radius 2 is 1.79 bits per heavy atom. The molecule has 0 radical (unpaired) electrons. The maximum absolute atomic E-state index is 12.6. The predicted octanol–water partition coefficient (Wildman–Crippen LogP) is 3.63. The highest BCUT2D eigenvalue weighted by molar-refractivity contribution is 5.94. The van der Waals surface area contributed by atoms with Crippen molar-refractivity contribution in [3.05, 3.63) is 71.0 Å². The van der Waals surface area contributed by atoms with E-state index in [4.69, 9.17) is 4.52 Å². The van der Waals surface area contributed by atoms with Gasteiger partial charge in [0.15, 0.2) is 5.82 Å². The van der Waals surface area contributed by atoms with Crippen molar-refractivity contribution in [1.82, 2.24) is 15.0 Å². The van der Waals surface area contributed by atoms with Crippen molar-refractivity contribution in [3.8, 4) is 11.5 Å². The number of hydrogen-bond acceptors (Lipinski definition) is 4. The molecular weight excluding hydrogens is 302 g/mol. The Labute approximate surface area is 140 Å². The van der Waals surface area contributed by atoms with Gasteiger partial charge in [-0.1, -0.05) is 29.4 Å². The lowest BCUT2D eigenvalue weighted by molar-refractivity contribution is 0.0785. The molecule has 0 aliphatic heterocycles. The molecule has 1 amide bonds. The van der Waals surface area contributed by atoms with Gasteiger partial charge < -0.3 is 9.42 Å². The Morgan fingerprint density at radius 3 is 2.42 bits per heavy atom. The Bertz CT molecular complexity index is 853. The zero-order valence-corrected chi connectivity index (χ0v) is 14.0. The van der Waals surface area contributed by atoms with Crippen LogP contribution in [0, 0.1) is 13.8 Å². The van der Waals surface area contributed by atoms with Gasteiger partial charge in [-0.05, 0) is 49.2 Å². The normalized spacial score (nSPS) is 10.6. The quantitative estimate of drug-likeness (QED) is 0.736. The number of amides is 1. The van der Waals surface area contributed by atoms with Crippen LogP contribution < -0.4 is 0 Å². The fraction of sp³-hybridized carbons (Fsp3) is 0.211. The summed E-state index contributed by atoms with van der Waals surface area (Å²) in [7, 11) is 1.81. The van der Waals surface area contributed by atoms with E-state index in [0.29, 0.717) is 23.8 Å². The Balaban J connectivity index is 1.74. The minimum absolute atomic E-state index is 0.0217. The zero-order valence-electron chi connectivity index (χ0n) is 14.0. The zero-order chi connectivity index (χ0) is 17.1. The van der Waals surface area contributed by atoms with Gasteiger partial charge in [-0.2, -0.15) is 4.98 Å². The third-order valence-electron chi connectivity index (χ3n) is 3.92. The van der Waals surface area contributed by atoms with Crippen molar-refractivity contribution >= 4 is 5.91 Å². The Hall–Kier alpha value is -2.95. The number of carbonyl (C=O) groups is 1. The van der Waals surface area contributed by atoms with Crippen LogP contribution in [0.2, 0.25) is 0 Å². The van der Waals surface area contributed by atoms with Gasteiger partial charge >= 0.3 is 0 Å². The first-order valence-electron chi connectivity index (χ1n) is 7.75. The van der Waals surface area contributed by atoms with Gasteiger partial charge in [0.05, 0.1) is 0 Å². The molecule has 24 heavy (non-hydrogen) atoms. The van der Waals surface area contributed by atoms with Gasteiger partial charge in [0, 0.05) is 24.7 Å². The van der Waals surface area contributed by atoms with E-state index in [-0.39, 0.29) is 5.91 Å². The number of benzene rings is 2. The smallest absolute Gasteiger partial charge is 0.257 e. The van der Waals surface area contributed by atoms with E-state index in [1.54, 1.807) is 24.0 Å². The fourth-order valence-corrected chi connectivity index (χ4v) is 2.50. The minimum atomic E-state index is -0.0217. The lowest BCUT2D eigenvalue weighted by Crippen LogP contribution is -2.26. The fourth-order valence-electron chi connectivity index (χ4n) is 2.50. The molecule has 0 bridgehead atoms. The molecule has 5 nitrogen and oxygen atoms in total. The van der Waals surface area contributed by atoms with Crippen LogP contribution in [-0.2, 0) is 6.54 Å². The largest absolute Gasteiger partial charge is 0.337 e. The molecule has 2 aromatic carbocycles. The number of carbonyl (C=O) groups excluding carboxylic acids is 1. The summed E-state index contributed by atoms with van der Waals surface area (Å²) in [6, 6.07) is 15.3. The summed E-state index contributed by atoms with van der Waals surface area (Å²) in [6.45, 7) is 4.40. The maximum atomic E-state index is 12.6. The lowest BCUT2D eigenvalue weighted by atomic mass is 10.1. The number of rotatable bonds is 4. The number of nitrogens with zero attached hydrogens (tertiary/aromatic N) is 3. The van der Waals surface area contributed by atoms with Crippen molar-refractivity contribution in [2.45, 2.75) is 20.4 Å². The van der Waals surface area contributed by atoms with Crippen LogP contribution in [0.3, 0.4) is 0 Å². The summed E-state index contributed by atoms with van der Waals surface area (Å²) in [4.78, 5) is 18.5. The van der Waals surface area contributed by atoms with Gasteiger partial charge in [-0.15, -0.1) is 0 Å². The van der Waals surface area contributed by atoms with Crippen LogP contribution in [0.1, 0.15) is 27.3 Å². The van der Waals surface area contributed by atoms with E-state index < -0.39 is 0 Å². The van der Waals surface area contributed by atoms with Gasteiger partial charge in [0.25, 0.3) is 11.8 Å². The van der Waals surface area contributed by atoms with Gasteiger partial charge in [-0.3, -0.25) is 4.79 Å². The van der Waals surface area contributed by atoms with Crippen molar-refractivity contribution in [3.63, 3.8) is 0 Å². The number of aryl methyl sites for hydroxylation is 2. The molecule has 0 fully saturated rings. The molecule has 1 heterocycles. The Morgan fingerprint density at radius 1 is 1.08 bits per heavy atom. The molecule has 0 spiro atoms. The summed E-state index contributed by atoms with van der Waals surface area (Å²) >= 11 is 0.